The van der Waals surface area contributed by atoms with E-state index in [4.69, 9.17) is 11.5 Å². The summed E-state index contributed by atoms with van der Waals surface area (Å²) >= 11 is 0. The van der Waals surface area contributed by atoms with Gasteiger partial charge in [-0.1, -0.05) is 13.3 Å². The Hall–Kier alpha value is -1.01. The molecule has 0 aromatic heterocycles. The number of amides is 1. The molecule has 0 fully saturated rings. The number of aliphatic hydroxyl groups excluding tert-OH is 1. The highest BCUT2D eigenvalue weighted by Gasteiger charge is 2.04. The van der Waals surface area contributed by atoms with Crippen LogP contribution in [0.5, 0.6) is 0 Å². The topological polar surface area (TPSA) is 49.3 Å². The second-order valence-corrected chi connectivity index (χ2v) is 2.28. The summed E-state index contributed by atoms with van der Waals surface area (Å²) < 4.78 is 0. The molecule has 0 aliphatic carbocycles. The van der Waals surface area contributed by atoms with Crippen molar-refractivity contribution < 1.29 is 9.90 Å². The molecule has 11 heavy (non-hydrogen) atoms. The number of carbonyl (C=O) groups excluding carboxylic acids is 1. The van der Waals surface area contributed by atoms with E-state index in [-0.39, 0.29) is 0 Å². The first-order chi connectivity index (χ1) is 5.20. The minimum absolute atomic E-state index is 0.559. The molecule has 0 aliphatic heterocycles. The Morgan fingerprint density at radius 1 is 1.82 bits per heavy atom. The van der Waals surface area contributed by atoms with Crippen LogP contribution in [0.3, 0.4) is 0 Å². The molecule has 0 rings (SSSR count). The Kier molecular flexibility index (Phi) is 5.22. The lowest BCUT2D eigenvalue weighted by Crippen LogP contribution is -2.33. The molecule has 0 spiro atoms. The van der Waals surface area contributed by atoms with Gasteiger partial charge in [-0.15, -0.1) is 6.42 Å². The highest BCUT2D eigenvalue weighted by Crippen LogP contribution is 1.96. The zero-order valence-electron chi connectivity index (χ0n) is 6.63. The zero-order valence-corrected chi connectivity index (χ0v) is 6.63. The second kappa shape index (κ2) is 5.75. The summed E-state index contributed by atoms with van der Waals surface area (Å²) in [5.41, 5.74) is 0. The molecule has 0 aliphatic rings. The fraction of sp³-hybridized carbons (Fsp3) is 0.625. The minimum atomic E-state index is -0.793. The number of hydrogen-bond donors (Lipinski definition) is 2. The van der Waals surface area contributed by atoms with E-state index in [9.17, 15) is 4.79 Å². The van der Waals surface area contributed by atoms with E-state index in [1.165, 1.54) is 0 Å². The van der Waals surface area contributed by atoms with Gasteiger partial charge in [0.2, 0.25) is 0 Å². The molecule has 1 atom stereocenters. The lowest BCUT2D eigenvalue weighted by molar-refractivity contribution is -0.118. The molecule has 62 valence electrons. The van der Waals surface area contributed by atoms with Crippen molar-refractivity contribution in [1.82, 2.24) is 5.32 Å². The number of rotatable bonds is 4. The van der Waals surface area contributed by atoms with Gasteiger partial charge in [0.05, 0.1) is 0 Å². The van der Waals surface area contributed by atoms with Crippen LogP contribution in [0.2, 0.25) is 0 Å². The number of terminal acetylenes is 1. The van der Waals surface area contributed by atoms with Crippen molar-refractivity contribution >= 4 is 5.91 Å². The number of nitrogens with one attached hydrogen (secondary N) is 1. The molecule has 0 bridgehead atoms. The number of unbranched alkanes of at least 4 members (excludes halogenated alkanes) is 1. The van der Waals surface area contributed by atoms with E-state index < -0.39 is 12.1 Å². The van der Waals surface area contributed by atoms with Gasteiger partial charge in [-0.2, -0.15) is 0 Å². The third kappa shape index (κ3) is 5.43. The van der Waals surface area contributed by atoms with E-state index in [0.717, 1.165) is 12.8 Å². The van der Waals surface area contributed by atoms with Crippen LogP contribution in [0.1, 0.15) is 26.2 Å². The number of carbonyl (C=O) groups is 1. The van der Waals surface area contributed by atoms with E-state index in [1.807, 2.05) is 12.8 Å². The predicted molar refractivity (Wildman–Crippen MR) is 42.5 cm³/mol. The first kappa shape index (κ1) is 9.99. The van der Waals surface area contributed by atoms with Gasteiger partial charge in [-0.25, -0.2) is 0 Å². The summed E-state index contributed by atoms with van der Waals surface area (Å²) in [7, 11) is 0. The van der Waals surface area contributed by atoms with Crippen LogP contribution in [-0.2, 0) is 4.79 Å². The maximum Gasteiger partial charge on any atom is 0.297 e. The summed E-state index contributed by atoms with van der Waals surface area (Å²) in [6, 6.07) is 0. The Balaban J connectivity index is 3.45. The van der Waals surface area contributed by atoms with Crippen molar-refractivity contribution in [2.24, 2.45) is 0 Å². The van der Waals surface area contributed by atoms with Crippen LogP contribution in [0.4, 0.5) is 0 Å². The summed E-state index contributed by atoms with van der Waals surface area (Å²) in [5, 5.41) is 11.3. The molecule has 1 unspecified atom stereocenters. The zero-order chi connectivity index (χ0) is 8.69. The van der Waals surface area contributed by atoms with Crippen molar-refractivity contribution in [3.05, 3.63) is 0 Å². The number of hydrogen-bond acceptors (Lipinski definition) is 2. The van der Waals surface area contributed by atoms with Crippen LogP contribution < -0.4 is 5.32 Å². The molecule has 0 saturated carbocycles. The Labute approximate surface area is 66.8 Å². The molecule has 1 amide bonds. The first-order valence-corrected chi connectivity index (χ1v) is 3.66. The largest absolute Gasteiger partial charge is 0.374 e. The van der Waals surface area contributed by atoms with Gasteiger partial charge in [-0.3, -0.25) is 4.79 Å². The van der Waals surface area contributed by atoms with Crippen LogP contribution >= 0.6 is 0 Å². The molecule has 0 aromatic carbocycles. The van der Waals surface area contributed by atoms with Crippen molar-refractivity contribution in [3.63, 3.8) is 0 Å². The molecule has 0 heterocycles. The maximum absolute atomic E-state index is 10.5. The highest BCUT2D eigenvalue weighted by atomic mass is 16.3. The molecule has 3 heteroatoms. The molecule has 2 N–H and O–H groups in total. The van der Waals surface area contributed by atoms with Crippen molar-refractivity contribution in [2.75, 3.05) is 0 Å². The van der Waals surface area contributed by atoms with Gasteiger partial charge >= 0.3 is 0 Å². The van der Waals surface area contributed by atoms with Crippen LogP contribution in [0, 0.1) is 12.3 Å². The smallest absolute Gasteiger partial charge is 0.297 e. The molecule has 0 radical (unpaired) electrons. The average Bonchev–Trinajstić information content (AvgIpc) is 2.00. The van der Waals surface area contributed by atoms with E-state index in [0.29, 0.717) is 6.42 Å². The SMILES string of the molecule is C#CC(=O)NC(O)CCCC. The second-order valence-electron chi connectivity index (χ2n) is 2.28. The van der Waals surface area contributed by atoms with Crippen LogP contribution in [0.15, 0.2) is 0 Å². The summed E-state index contributed by atoms with van der Waals surface area (Å²) in [4.78, 5) is 10.5. The third-order valence-electron chi connectivity index (χ3n) is 1.26. The van der Waals surface area contributed by atoms with Crippen molar-refractivity contribution in [1.29, 1.82) is 0 Å². The normalized spacial score (nSPS) is 11.7. The maximum atomic E-state index is 10.5. The summed E-state index contributed by atoms with van der Waals surface area (Å²) in [5.74, 6) is 1.30. The third-order valence-corrected chi connectivity index (χ3v) is 1.26. The van der Waals surface area contributed by atoms with Gasteiger partial charge in [0.1, 0.15) is 6.23 Å². The van der Waals surface area contributed by atoms with E-state index in [2.05, 4.69) is 5.32 Å². The Bertz CT molecular complexity index is 160. The predicted octanol–water partition coefficient (Wildman–Crippen LogP) is 0.244. The summed E-state index contributed by atoms with van der Waals surface area (Å²) in [6.45, 7) is 2.01. The van der Waals surface area contributed by atoms with Gasteiger partial charge < -0.3 is 10.4 Å². The lowest BCUT2D eigenvalue weighted by atomic mass is 10.2. The highest BCUT2D eigenvalue weighted by molar-refractivity contribution is 5.92. The standard InChI is InChI=1S/C8H13NO2/c1-3-5-6-8(11)9-7(10)4-2/h2,8,11H,3,5-6H2,1H3,(H,9,10). The molecule has 0 saturated heterocycles. The average molecular weight is 155 g/mol. The number of aliphatic hydroxyl groups is 1. The summed E-state index contributed by atoms with van der Waals surface area (Å²) in [6.07, 6.45) is 6.41. The molecule has 3 nitrogen and oxygen atoms in total. The molecule has 0 aromatic rings. The van der Waals surface area contributed by atoms with Crippen molar-refractivity contribution in [2.45, 2.75) is 32.4 Å². The molecular weight excluding hydrogens is 142 g/mol. The van der Waals surface area contributed by atoms with E-state index >= 15 is 0 Å². The van der Waals surface area contributed by atoms with Crippen molar-refractivity contribution in [3.8, 4) is 12.3 Å². The van der Waals surface area contributed by atoms with Gasteiger partial charge in [0.15, 0.2) is 0 Å². The van der Waals surface area contributed by atoms with Crippen LogP contribution in [-0.4, -0.2) is 17.2 Å². The minimum Gasteiger partial charge on any atom is -0.374 e. The Morgan fingerprint density at radius 3 is 2.91 bits per heavy atom. The van der Waals surface area contributed by atoms with E-state index in [1.54, 1.807) is 0 Å². The van der Waals surface area contributed by atoms with Gasteiger partial charge in [0, 0.05) is 0 Å². The molecular formula is C8H13NO2. The fourth-order valence-electron chi connectivity index (χ4n) is 0.663. The van der Waals surface area contributed by atoms with Crippen LogP contribution in [0.25, 0.3) is 0 Å². The lowest BCUT2D eigenvalue weighted by Gasteiger charge is -2.08. The Morgan fingerprint density at radius 2 is 2.45 bits per heavy atom. The fourth-order valence-corrected chi connectivity index (χ4v) is 0.663. The van der Waals surface area contributed by atoms with Gasteiger partial charge in [0.25, 0.3) is 5.91 Å². The first-order valence-electron chi connectivity index (χ1n) is 3.66. The monoisotopic (exact) mass is 155 g/mol. The van der Waals surface area contributed by atoms with Gasteiger partial charge in [-0.05, 0) is 18.8 Å². The quantitative estimate of drug-likeness (QED) is 0.451.